The molecule has 1 aromatic carbocycles. The summed E-state index contributed by atoms with van der Waals surface area (Å²) in [4.78, 5) is 39.0. The van der Waals surface area contributed by atoms with Gasteiger partial charge >= 0.3 is 5.97 Å². The molecule has 0 bridgehead atoms. The maximum absolute atomic E-state index is 12.3. The zero-order chi connectivity index (χ0) is 19.5. The van der Waals surface area contributed by atoms with Crippen molar-refractivity contribution >= 4 is 28.7 Å². The second-order valence-electron chi connectivity index (χ2n) is 7.41. The molecule has 0 saturated carbocycles. The van der Waals surface area contributed by atoms with E-state index >= 15 is 0 Å². The molecule has 2 rings (SSSR count). The largest absolute Gasteiger partial charge is 0.480 e. The number of hydrogen-bond acceptors (Lipinski definition) is 3. The van der Waals surface area contributed by atoms with Crippen molar-refractivity contribution in [2.75, 3.05) is 0 Å². The molecule has 7 nitrogen and oxygen atoms in total. The van der Waals surface area contributed by atoms with Crippen LogP contribution in [0, 0.1) is 5.41 Å². The van der Waals surface area contributed by atoms with Gasteiger partial charge in [-0.05, 0) is 18.6 Å². The maximum atomic E-state index is 12.3. The summed E-state index contributed by atoms with van der Waals surface area (Å²) in [5.74, 6) is -1.93. The molecule has 0 saturated heterocycles. The number of para-hydroxylation sites is 1. The lowest BCUT2D eigenvalue weighted by Gasteiger charge is -2.23. The zero-order valence-electron chi connectivity index (χ0n) is 15.4. The summed E-state index contributed by atoms with van der Waals surface area (Å²) in [7, 11) is 0. The van der Waals surface area contributed by atoms with Crippen LogP contribution >= 0.6 is 0 Å². The first-order valence-corrected chi connectivity index (χ1v) is 8.48. The Morgan fingerprint density at radius 1 is 1.15 bits per heavy atom. The summed E-state index contributed by atoms with van der Waals surface area (Å²) in [6, 6.07) is 5.64. The minimum Gasteiger partial charge on any atom is -0.480 e. The monoisotopic (exact) mass is 359 g/mol. The van der Waals surface area contributed by atoms with Crippen LogP contribution in [0.4, 0.5) is 0 Å². The van der Waals surface area contributed by atoms with Crippen LogP contribution in [0.1, 0.15) is 33.3 Å². The first-order valence-electron chi connectivity index (χ1n) is 8.48. The van der Waals surface area contributed by atoms with Crippen LogP contribution in [0.25, 0.3) is 10.9 Å². The summed E-state index contributed by atoms with van der Waals surface area (Å²) in [6.45, 7) is 6.75. The van der Waals surface area contributed by atoms with Gasteiger partial charge in [-0.15, -0.1) is 0 Å². The Bertz CT molecular complexity index is 820. The predicted molar refractivity (Wildman–Crippen MR) is 98.6 cm³/mol. The van der Waals surface area contributed by atoms with Crippen molar-refractivity contribution in [1.82, 2.24) is 15.6 Å². The van der Waals surface area contributed by atoms with E-state index < -0.39 is 29.4 Å². The van der Waals surface area contributed by atoms with Crippen LogP contribution in [-0.4, -0.2) is 40.0 Å². The number of aromatic nitrogens is 1. The molecule has 4 N–H and O–H groups in total. The highest BCUT2D eigenvalue weighted by Crippen LogP contribution is 2.19. The zero-order valence-corrected chi connectivity index (χ0v) is 15.4. The number of amides is 2. The van der Waals surface area contributed by atoms with E-state index in [1.807, 2.05) is 24.3 Å². The highest BCUT2D eigenvalue weighted by Gasteiger charge is 2.28. The molecule has 2 atom stereocenters. The van der Waals surface area contributed by atoms with Gasteiger partial charge in [0.05, 0.1) is 0 Å². The van der Waals surface area contributed by atoms with E-state index in [1.165, 1.54) is 6.92 Å². The highest BCUT2D eigenvalue weighted by molar-refractivity contribution is 5.92. The maximum Gasteiger partial charge on any atom is 0.326 e. The van der Waals surface area contributed by atoms with E-state index in [4.69, 9.17) is 0 Å². The average molecular weight is 359 g/mol. The van der Waals surface area contributed by atoms with Gasteiger partial charge in [0.1, 0.15) is 12.1 Å². The fraction of sp³-hybridized carbons (Fsp3) is 0.421. The number of carboxylic acid groups (broad SMARTS) is 1. The number of hydrogen-bond donors (Lipinski definition) is 4. The number of aromatic amines is 1. The van der Waals surface area contributed by atoms with Gasteiger partial charge in [-0.3, -0.25) is 9.59 Å². The van der Waals surface area contributed by atoms with Crippen molar-refractivity contribution in [3.63, 3.8) is 0 Å². The quantitative estimate of drug-likeness (QED) is 0.630. The third-order valence-corrected chi connectivity index (χ3v) is 4.14. The van der Waals surface area contributed by atoms with Gasteiger partial charge in [-0.25, -0.2) is 4.79 Å². The van der Waals surface area contributed by atoms with Crippen LogP contribution in [0.2, 0.25) is 0 Å². The first-order chi connectivity index (χ1) is 12.1. The van der Waals surface area contributed by atoms with Gasteiger partial charge in [0.25, 0.3) is 0 Å². The number of carbonyl (C=O) groups excluding carboxylic acids is 2. The van der Waals surface area contributed by atoms with E-state index in [0.29, 0.717) is 0 Å². The number of nitrogens with one attached hydrogen (secondary N) is 3. The van der Waals surface area contributed by atoms with Crippen LogP contribution in [0.3, 0.4) is 0 Å². The molecule has 0 radical (unpaired) electrons. The van der Waals surface area contributed by atoms with Gasteiger partial charge in [0.2, 0.25) is 11.8 Å². The predicted octanol–water partition coefficient (Wildman–Crippen LogP) is 1.83. The average Bonchev–Trinajstić information content (AvgIpc) is 2.96. The Morgan fingerprint density at radius 2 is 1.81 bits per heavy atom. The Hall–Kier alpha value is -2.83. The Morgan fingerprint density at radius 3 is 2.42 bits per heavy atom. The van der Waals surface area contributed by atoms with Crippen molar-refractivity contribution < 1.29 is 19.5 Å². The van der Waals surface area contributed by atoms with E-state index in [9.17, 15) is 19.5 Å². The summed E-state index contributed by atoms with van der Waals surface area (Å²) in [6.07, 6.45) is 1.89. The molecule has 0 aliphatic heterocycles. The minimum absolute atomic E-state index is 0.144. The molecule has 2 aromatic rings. The molecule has 26 heavy (non-hydrogen) atoms. The molecule has 1 aromatic heterocycles. The third kappa shape index (κ3) is 4.62. The molecule has 2 unspecified atom stereocenters. The molecule has 1 heterocycles. The van der Waals surface area contributed by atoms with Crippen molar-refractivity contribution in [3.8, 4) is 0 Å². The fourth-order valence-corrected chi connectivity index (χ4v) is 2.50. The molecule has 7 heteroatoms. The van der Waals surface area contributed by atoms with Gasteiger partial charge in [-0.1, -0.05) is 39.0 Å². The number of aliphatic carboxylic acids is 1. The molecule has 0 spiro atoms. The Kier molecular flexibility index (Phi) is 5.69. The van der Waals surface area contributed by atoms with Crippen molar-refractivity contribution in [2.45, 2.75) is 46.2 Å². The van der Waals surface area contributed by atoms with E-state index in [1.54, 1.807) is 27.0 Å². The summed E-state index contributed by atoms with van der Waals surface area (Å²) < 4.78 is 0. The molecular formula is C19H25N3O4. The SMILES string of the molecule is CC(NC(=O)C(C)(C)C)C(=O)NC(Cc1c[nH]c2ccccc12)C(=O)O. The molecule has 2 amide bonds. The second-order valence-corrected chi connectivity index (χ2v) is 7.41. The highest BCUT2D eigenvalue weighted by atomic mass is 16.4. The standard InChI is InChI=1S/C19H25N3O4/c1-11(21-18(26)19(2,3)4)16(23)22-15(17(24)25)9-12-10-20-14-8-6-5-7-13(12)14/h5-8,10-11,15,20H,9H2,1-4H3,(H,21,26)(H,22,23)(H,24,25). The van der Waals surface area contributed by atoms with Crippen molar-refractivity contribution in [2.24, 2.45) is 5.41 Å². The third-order valence-electron chi connectivity index (χ3n) is 4.14. The Labute approximate surface area is 152 Å². The van der Waals surface area contributed by atoms with Gasteiger partial charge in [-0.2, -0.15) is 0 Å². The van der Waals surface area contributed by atoms with Crippen LogP contribution in [0.15, 0.2) is 30.5 Å². The summed E-state index contributed by atoms with van der Waals surface area (Å²) in [5, 5.41) is 15.5. The summed E-state index contributed by atoms with van der Waals surface area (Å²) in [5.41, 5.74) is 1.08. The minimum atomic E-state index is -1.13. The van der Waals surface area contributed by atoms with E-state index in [2.05, 4.69) is 15.6 Å². The smallest absolute Gasteiger partial charge is 0.326 e. The van der Waals surface area contributed by atoms with E-state index in [-0.39, 0.29) is 12.3 Å². The number of benzene rings is 1. The van der Waals surface area contributed by atoms with Crippen molar-refractivity contribution in [1.29, 1.82) is 0 Å². The number of carboxylic acids is 1. The number of fused-ring (bicyclic) bond motifs is 1. The lowest BCUT2D eigenvalue weighted by atomic mass is 9.95. The normalized spacial score (nSPS) is 13.8. The Balaban J connectivity index is 2.07. The van der Waals surface area contributed by atoms with Crippen LogP contribution in [-0.2, 0) is 20.8 Å². The van der Waals surface area contributed by atoms with Gasteiger partial charge < -0.3 is 20.7 Å². The number of rotatable bonds is 6. The molecule has 0 aliphatic rings. The number of carbonyl (C=O) groups is 3. The lowest BCUT2D eigenvalue weighted by Crippen LogP contribution is -2.52. The molecular weight excluding hydrogens is 334 g/mol. The first kappa shape index (κ1) is 19.5. The number of H-pyrrole nitrogens is 1. The van der Waals surface area contributed by atoms with E-state index in [0.717, 1.165) is 16.5 Å². The van der Waals surface area contributed by atoms with Gasteiger partial charge in [0, 0.05) is 28.9 Å². The second kappa shape index (κ2) is 7.59. The fourth-order valence-electron chi connectivity index (χ4n) is 2.50. The van der Waals surface area contributed by atoms with Gasteiger partial charge in [0.15, 0.2) is 0 Å². The van der Waals surface area contributed by atoms with Crippen molar-refractivity contribution in [3.05, 3.63) is 36.0 Å². The topological polar surface area (TPSA) is 111 Å². The molecule has 140 valence electrons. The lowest BCUT2D eigenvalue weighted by molar-refractivity contribution is -0.142. The van der Waals surface area contributed by atoms with Crippen LogP contribution in [0.5, 0.6) is 0 Å². The van der Waals surface area contributed by atoms with Crippen LogP contribution < -0.4 is 10.6 Å². The molecule has 0 fully saturated rings. The summed E-state index contributed by atoms with van der Waals surface area (Å²) >= 11 is 0. The molecule has 0 aliphatic carbocycles.